The zero-order valence-corrected chi connectivity index (χ0v) is 32.6. The predicted molar refractivity (Wildman–Crippen MR) is 189 cm³/mol. The maximum absolute atomic E-state index is 12.7. The molecule has 0 amide bonds. The van der Waals surface area contributed by atoms with Crippen LogP contribution in [0.1, 0.15) is 86.0 Å². The van der Waals surface area contributed by atoms with Crippen LogP contribution in [0.5, 0.6) is 0 Å². The molecule has 0 spiro atoms. The molecule has 0 aromatic carbocycles. The minimum atomic E-state index is -1.31. The van der Waals surface area contributed by atoms with Crippen LogP contribution in [0.4, 0.5) is 0 Å². The summed E-state index contributed by atoms with van der Waals surface area (Å²) in [6.07, 6.45) is -7.34. The van der Waals surface area contributed by atoms with Crippen molar-refractivity contribution in [1.29, 1.82) is 0 Å². The fourth-order valence-electron chi connectivity index (χ4n) is 12.5. The summed E-state index contributed by atoms with van der Waals surface area (Å²) in [6, 6.07) is 0. The lowest BCUT2D eigenvalue weighted by Crippen LogP contribution is -2.70. The van der Waals surface area contributed by atoms with Gasteiger partial charge in [-0.25, -0.2) is 0 Å². The maximum Gasteiger partial charge on any atom is 0.187 e. The summed E-state index contributed by atoms with van der Waals surface area (Å²) >= 11 is 0. The second kappa shape index (κ2) is 16.0. The van der Waals surface area contributed by atoms with E-state index in [1.807, 2.05) is 20.8 Å². The van der Waals surface area contributed by atoms with Gasteiger partial charge in [0.15, 0.2) is 12.6 Å². The first kappa shape index (κ1) is 42.1. The smallest absolute Gasteiger partial charge is 0.187 e. The molecule has 21 atom stereocenters. The van der Waals surface area contributed by atoms with E-state index in [2.05, 4.69) is 13.8 Å². The molecule has 5 unspecified atom stereocenters. The molecule has 14 nitrogen and oxygen atoms in total. The second-order valence-electron chi connectivity index (χ2n) is 18.3. The third-order valence-electron chi connectivity index (χ3n) is 15.2. The summed E-state index contributed by atoms with van der Waals surface area (Å²) in [6.45, 7) is 10.1. The molecule has 308 valence electrons. The summed E-state index contributed by atoms with van der Waals surface area (Å²) in [4.78, 5) is 0. The Hall–Kier alpha value is -0.560. The quantitative estimate of drug-likeness (QED) is 0.138. The largest absolute Gasteiger partial charge is 0.394 e. The van der Waals surface area contributed by atoms with Gasteiger partial charge in [0.05, 0.1) is 49.3 Å². The number of aliphatic hydroxyl groups is 8. The lowest BCUT2D eigenvalue weighted by Gasteiger charge is -2.66. The Balaban J connectivity index is 1.14. The molecule has 2 heterocycles. The molecule has 53 heavy (non-hydrogen) atoms. The van der Waals surface area contributed by atoms with E-state index >= 15 is 0 Å². The van der Waals surface area contributed by atoms with Gasteiger partial charge in [-0.3, -0.25) is 0 Å². The van der Waals surface area contributed by atoms with Crippen LogP contribution in [0.25, 0.3) is 0 Å². The van der Waals surface area contributed by atoms with Gasteiger partial charge in [-0.15, -0.1) is 0 Å². The van der Waals surface area contributed by atoms with Gasteiger partial charge in [0.2, 0.25) is 0 Å². The van der Waals surface area contributed by atoms with E-state index in [4.69, 9.17) is 28.4 Å². The SMILES string of the molecule is CO[C@H]1[C@H](O[C@H]2[C@H](O[C@@H](CC[C@@H](C)[C@H]3CC(O)C4[C@]5(O)CC(O)C6[C@@H](O)[C@@H](O)CC[C@]6(C)C5CC[C@@]43C)C(C)C)O[C@@H](CO)[C@@H]2O)OC[C@@H](OC)[C@@H]1O. The summed E-state index contributed by atoms with van der Waals surface area (Å²) in [5, 5.41) is 89.2. The third-order valence-corrected chi connectivity index (χ3v) is 15.2. The lowest BCUT2D eigenvalue weighted by atomic mass is 9.41. The normalized spacial score (nSPS) is 52.5. The van der Waals surface area contributed by atoms with Gasteiger partial charge >= 0.3 is 0 Å². The van der Waals surface area contributed by atoms with Crippen molar-refractivity contribution >= 4 is 0 Å². The Bertz CT molecular complexity index is 1230. The zero-order chi connectivity index (χ0) is 38.8. The molecule has 8 N–H and O–H groups in total. The van der Waals surface area contributed by atoms with Gasteiger partial charge in [0.1, 0.15) is 36.6 Å². The fraction of sp³-hybridized carbons (Fsp3) is 1.00. The average molecular weight is 761 g/mol. The van der Waals surface area contributed by atoms with Crippen molar-refractivity contribution in [3.8, 4) is 0 Å². The number of rotatable bonds is 12. The number of fused-ring (bicyclic) bond motifs is 5. The van der Waals surface area contributed by atoms with Gasteiger partial charge in [-0.2, -0.15) is 0 Å². The van der Waals surface area contributed by atoms with Crippen molar-refractivity contribution in [2.24, 2.45) is 46.3 Å². The highest BCUT2D eigenvalue weighted by atomic mass is 16.8. The van der Waals surface area contributed by atoms with E-state index in [0.29, 0.717) is 32.1 Å². The molecule has 0 radical (unpaired) electrons. The molecular formula is C39H68O14. The van der Waals surface area contributed by atoms with E-state index in [0.717, 1.165) is 12.8 Å². The van der Waals surface area contributed by atoms with Crippen LogP contribution in [-0.2, 0) is 28.4 Å². The Morgan fingerprint density at radius 3 is 2.13 bits per heavy atom. The Kier molecular flexibility index (Phi) is 12.7. The van der Waals surface area contributed by atoms with Crippen molar-refractivity contribution < 1.29 is 69.3 Å². The number of aliphatic hydroxyl groups excluding tert-OH is 7. The topological polar surface area (TPSA) is 217 Å². The number of ether oxygens (including phenoxy) is 6. The van der Waals surface area contributed by atoms with Crippen molar-refractivity contribution in [3.63, 3.8) is 0 Å². The molecule has 0 aromatic heterocycles. The number of methoxy groups -OCH3 is 2. The molecule has 4 saturated carbocycles. The van der Waals surface area contributed by atoms with Crippen LogP contribution in [0.3, 0.4) is 0 Å². The Labute approximate surface area is 314 Å². The summed E-state index contributed by atoms with van der Waals surface area (Å²) in [5.41, 5.74) is -2.26. The third kappa shape index (κ3) is 7.17. The molecule has 2 saturated heterocycles. The minimum Gasteiger partial charge on any atom is -0.394 e. The van der Waals surface area contributed by atoms with Crippen LogP contribution < -0.4 is 0 Å². The second-order valence-corrected chi connectivity index (χ2v) is 18.3. The molecular weight excluding hydrogens is 692 g/mol. The van der Waals surface area contributed by atoms with Gasteiger partial charge in [-0.05, 0) is 79.4 Å². The molecule has 6 rings (SSSR count). The fourth-order valence-corrected chi connectivity index (χ4v) is 12.5. The minimum absolute atomic E-state index is 0.0501. The first-order chi connectivity index (χ1) is 25.0. The number of hydrogen-bond donors (Lipinski definition) is 8. The van der Waals surface area contributed by atoms with E-state index in [1.54, 1.807) is 0 Å². The highest BCUT2D eigenvalue weighted by Crippen LogP contribution is 2.70. The zero-order valence-electron chi connectivity index (χ0n) is 32.6. The van der Waals surface area contributed by atoms with E-state index in [9.17, 15) is 40.9 Å². The summed E-state index contributed by atoms with van der Waals surface area (Å²) in [5.74, 6) is -0.891. The van der Waals surface area contributed by atoms with Crippen LogP contribution in [-0.4, -0.2) is 154 Å². The monoisotopic (exact) mass is 760 g/mol. The van der Waals surface area contributed by atoms with Crippen LogP contribution >= 0.6 is 0 Å². The highest BCUT2D eigenvalue weighted by molar-refractivity contribution is 5.21. The van der Waals surface area contributed by atoms with Gasteiger partial charge in [-0.1, -0.05) is 34.6 Å². The average Bonchev–Trinajstić information content (AvgIpc) is 3.55. The van der Waals surface area contributed by atoms with Crippen molar-refractivity contribution in [3.05, 3.63) is 0 Å². The van der Waals surface area contributed by atoms with E-state index in [-0.39, 0.29) is 48.2 Å². The summed E-state index contributed by atoms with van der Waals surface area (Å²) < 4.78 is 35.4. The van der Waals surface area contributed by atoms with Crippen LogP contribution in [0, 0.1) is 46.3 Å². The lowest BCUT2D eigenvalue weighted by molar-refractivity contribution is -0.313. The van der Waals surface area contributed by atoms with Gasteiger partial charge in [0.25, 0.3) is 0 Å². The molecule has 2 aliphatic heterocycles. The summed E-state index contributed by atoms with van der Waals surface area (Å²) in [7, 11) is 2.89. The molecule has 6 aliphatic rings. The molecule has 14 heteroatoms. The first-order valence-electron chi connectivity index (χ1n) is 20.0. The first-order valence-corrected chi connectivity index (χ1v) is 20.0. The van der Waals surface area contributed by atoms with Crippen LogP contribution in [0.2, 0.25) is 0 Å². The van der Waals surface area contributed by atoms with Crippen molar-refractivity contribution in [1.82, 2.24) is 0 Å². The molecule has 0 bridgehead atoms. The number of hydrogen-bond acceptors (Lipinski definition) is 14. The van der Waals surface area contributed by atoms with E-state index in [1.165, 1.54) is 14.2 Å². The van der Waals surface area contributed by atoms with Gasteiger partial charge < -0.3 is 69.3 Å². The van der Waals surface area contributed by atoms with Gasteiger partial charge in [0, 0.05) is 32.5 Å². The van der Waals surface area contributed by atoms with Crippen molar-refractivity contribution in [2.45, 2.75) is 171 Å². The Morgan fingerprint density at radius 1 is 0.792 bits per heavy atom. The molecule has 4 aliphatic carbocycles. The maximum atomic E-state index is 12.7. The van der Waals surface area contributed by atoms with Crippen LogP contribution in [0.15, 0.2) is 0 Å². The molecule has 0 aromatic rings. The molecule has 6 fully saturated rings. The highest BCUT2D eigenvalue weighted by Gasteiger charge is 2.71. The predicted octanol–water partition coefficient (Wildman–Crippen LogP) is 0.702. The van der Waals surface area contributed by atoms with E-state index < -0.39 is 103 Å². The van der Waals surface area contributed by atoms with Crippen molar-refractivity contribution in [2.75, 3.05) is 27.4 Å². The standard InChI is InChI=1S/C39H68O14/c1-18(2)24(51-36-33(30(45)25(16-40)52-36)53-35-32(49-7)31(46)26(48-6)17-50-35)9-8-19(3)20-14-22(42)34-37(20,4)13-11-27-38(5)12-10-21(41)29(44)28(38)23(43)15-39(27,34)47/h18-36,40-47H,8-17H2,1-7H3/t19-,20-,21+,22?,23?,24+,25+,26-,27?,28?,29+,30+,31+,32-,33-,34?,35+,36-,37-,38-,39+/m1/s1. The Morgan fingerprint density at radius 2 is 1.49 bits per heavy atom.